The van der Waals surface area contributed by atoms with Gasteiger partial charge in [-0.2, -0.15) is 0 Å². The molecule has 1 aromatic heterocycles. The molecule has 0 radical (unpaired) electrons. The Morgan fingerprint density at radius 3 is 2.30 bits per heavy atom. The lowest BCUT2D eigenvalue weighted by Crippen LogP contribution is -2.48. The minimum atomic E-state index is -1.26. The van der Waals surface area contributed by atoms with Crippen LogP contribution >= 0.6 is 0 Å². The van der Waals surface area contributed by atoms with Crippen LogP contribution in [0.2, 0.25) is 0 Å². The van der Waals surface area contributed by atoms with E-state index < -0.39 is 11.9 Å². The molecule has 4 rings (SSSR count). The molecule has 1 aromatic carbocycles. The number of para-hydroxylation sites is 1. The van der Waals surface area contributed by atoms with E-state index in [4.69, 9.17) is 10.2 Å². The highest BCUT2D eigenvalue weighted by Gasteiger charge is 2.18. The average Bonchev–Trinajstić information content (AvgIpc) is 2.84. The van der Waals surface area contributed by atoms with Crippen LogP contribution in [0.25, 0.3) is 5.70 Å². The van der Waals surface area contributed by atoms with Gasteiger partial charge in [0.1, 0.15) is 0 Å². The van der Waals surface area contributed by atoms with Crippen LogP contribution in [-0.2, 0) is 9.59 Å². The number of aromatic nitrogens is 2. The normalized spacial score (nSPS) is 15.8. The fourth-order valence-corrected chi connectivity index (χ4v) is 3.61. The van der Waals surface area contributed by atoms with Gasteiger partial charge in [0.2, 0.25) is 5.95 Å². The molecule has 0 unspecified atom stereocenters. The van der Waals surface area contributed by atoms with Crippen molar-refractivity contribution in [3.8, 4) is 0 Å². The van der Waals surface area contributed by atoms with Crippen molar-refractivity contribution in [1.82, 2.24) is 20.2 Å². The maximum Gasteiger partial charge on any atom is 0.328 e. The molecule has 0 amide bonds. The summed E-state index contributed by atoms with van der Waals surface area (Å²) in [5, 5.41) is 21.7. The maximum atomic E-state index is 9.55. The summed E-state index contributed by atoms with van der Waals surface area (Å²) in [6.45, 7) is 7.01. The van der Waals surface area contributed by atoms with Crippen LogP contribution in [0.15, 0.2) is 59.9 Å². The van der Waals surface area contributed by atoms with E-state index in [1.165, 1.54) is 10.9 Å². The number of carboxylic acids is 2. The van der Waals surface area contributed by atoms with Gasteiger partial charge in [0, 0.05) is 87.7 Å². The van der Waals surface area contributed by atoms with Gasteiger partial charge in [-0.15, -0.1) is 0 Å². The SMILES string of the molecule is O=C(O)C=CC(=O)O.c1cnc(N2CCN(CCNC3=c4ccccc4=NCC3)CC2)nc1. The van der Waals surface area contributed by atoms with Crippen LogP contribution < -0.4 is 20.8 Å². The molecule has 1 fully saturated rings. The number of benzene rings is 1. The summed E-state index contributed by atoms with van der Waals surface area (Å²) in [5.41, 5.74) is 1.34. The van der Waals surface area contributed by atoms with Crippen LogP contribution in [0, 0.1) is 0 Å². The molecule has 0 aliphatic carbocycles. The van der Waals surface area contributed by atoms with Gasteiger partial charge in [0.05, 0.1) is 5.36 Å². The van der Waals surface area contributed by atoms with Gasteiger partial charge < -0.3 is 20.4 Å². The largest absolute Gasteiger partial charge is 0.478 e. The van der Waals surface area contributed by atoms with E-state index in [0.717, 1.165) is 63.5 Å². The van der Waals surface area contributed by atoms with E-state index in [0.29, 0.717) is 12.2 Å². The van der Waals surface area contributed by atoms with Gasteiger partial charge in [-0.05, 0) is 12.1 Å². The lowest BCUT2D eigenvalue weighted by atomic mass is 10.1. The summed E-state index contributed by atoms with van der Waals surface area (Å²) in [6.07, 6.45) is 5.75. The Morgan fingerprint density at radius 2 is 1.64 bits per heavy atom. The smallest absolute Gasteiger partial charge is 0.328 e. The summed E-state index contributed by atoms with van der Waals surface area (Å²) >= 11 is 0. The van der Waals surface area contributed by atoms with Crippen molar-refractivity contribution < 1.29 is 19.8 Å². The number of hydrogen-bond acceptors (Lipinski definition) is 8. The predicted octanol–water partition coefficient (Wildman–Crippen LogP) is -0.268. The molecule has 33 heavy (non-hydrogen) atoms. The third-order valence-corrected chi connectivity index (χ3v) is 5.22. The number of anilines is 1. The molecular formula is C23H28N6O4. The van der Waals surface area contributed by atoms with Crippen LogP contribution in [0.1, 0.15) is 6.42 Å². The summed E-state index contributed by atoms with van der Waals surface area (Å²) in [6, 6.07) is 10.3. The Bertz CT molecular complexity index is 1070. The minimum absolute atomic E-state index is 0.558. The highest BCUT2D eigenvalue weighted by Crippen LogP contribution is 2.09. The second kappa shape index (κ2) is 12.3. The topological polar surface area (TPSA) is 131 Å². The second-order valence-corrected chi connectivity index (χ2v) is 7.44. The lowest BCUT2D eigenvalue weighted by molar-refractivity contribution is -0.134. The van der Waals surface area contributed by atoms with Gasteiger partial charge in [0.15, 0.2) is 0 Å². The summed E-state index contributed by atoms with van der Waals surface area (Å²) in [5.74, 6) is -1.67. The number of carboxylic acid groups (broad SMARTS) is 2. The first-order valence-electron chi connectivity index (χ1n) is 10.8. The van der Waals surface area contributed by atoms with E-state index >= 15 is 0 Å². The fourth-order valence-electron chi connectivity index (χ4n) is 3.61. The zero-order valence-electron chi connectivity index (χ0n) is 18.3. The highest BCUT2D eigenvalue weighted by molar-refractivity contribution is 5.89. The Balaban J connectivity index is 0.000000331. The van der Waals surface area contributed by atoms with E-state index in [1.807, 2.05) is 18.5 Å². The summed E-state index contributed by atoms with van der Waals surface area (Å²) in [7, 11) is 0. The van der Waals surface area contributed by atoms with E-state index in [-0.39, 0.29) is 0 Å². The molecule has 2 aliphatic heterocycles. The molecule has 1 saturated heterocycles. The van der Waals surface area contributed by atoms with E-state index in [1.54, 1.807) is 0 Å². The molecule has 0 spiro atoms. The third-order valence-electron chi connectivity index (χ3n) is 5.22. The average molecular weight is 453 g/mol. The fraction of sp³-hybridized carbons (Fsp3) is 0.348. The third kappa shape index (κ3) is 7.69. The minimum Gasteiger partial charge on any atom is -0.478 e. The number of carbonyl (C=O) groups is 2. The molecule has 0 saturated carbocycles. The molecule has 10 nitrogen and oxygen atoms in total. The number of hydrogen-bond donors (Lipinski definition) is 3. The second-order valence-electron chi connectivity index (χ2n) is 7.44. The highest BCUT2D eigenvalue weighted by atomic mass is 16.4. The number of nitrogens with one attached hydrogen (secondary N) is 1. The van der Waals surface area contributed by atoms with Gasteiger partial charge >= 0.3 is 11.9 Å². The zero-order chi connectivity index (χ0) is 23.5. The van der Waals surface area contributed by atoms with Crippen LogP contribution in [-0.4, -0.2) is 82.8 Å². The number of aliphatic carboxylic acids is 2. The van der Waals surface area contributed by atoms with Crippen molar-refractivity contribution in [2.75, 3.05) is 50.7 Å². The van der Waals surface area contributed by atoms with E-state index in [2.05, 4.69) is 54.3 Å². The quantitative estimate of drug-likeness (QED) is 0.486. The Kier molecular flexibility index (Phi) is 8.89. The molecular weight excluding hydrogens is 424 g/mol. The first-order valence-corrected chi connectivity index (χ1v) is 10.8. The number of nitrogens with zero attached hydrogens (tertiary/aromatic N) is 5. The molecule has 0 atom stereocenters. The molecule has 174 valence electrons. The Labute approximate surface area is 191 Å². The summed E-state index contributed by atoms with van der Waals surface area (Å²) < 4.78 is 0. The standard InChI is InChI=1S/C19H24N6.C4H4O4/c1-2-5-17-16(4-1)18(6-9-20-17)21-10-11-24-12-14-25(15-13-24)19-22-7-3-8-23-19;5-3(6)1-2-4(7)8/h1-5,7-8,21H,6,9-15H2;1-2H,(H,5,6)(H,7,8). The van der Waals surface area contributed by atoms with Crippen LogP contribution in [0.5, 0.6) is 0 Å². The monoisotopic (exact) mass is 452 g/mol. The van der Waals surface area contributed by atoms with Gasteiger partial charge in [-0.25, -0.2) is 19.6 Å². The van der Waals surface area contributed by atoms with Gasteiger partial charge in [-0.1, -0.05) is 18.2 Å². The van der Waals surface area contributed by atoms with Crippen molar-refractivity contribution >= 4 is 23.6 Å². The first kappa shape index (κ1) is 23.9. The molecule has 2 aromatic rings. The predicted molar refractivity (Wildman–Crippen MR) is 123 cm³/mol. The van der Waals surface area contributed by atoms with Crippen LogP contribution in [0.3, 0.4) is 0 Å². The van der Waals surface area contributed by atoms with Crippen molar-refractivity contribution in [1.29, 1.82) is 0 Å². The van der Waals surface area contributed by atoms with E-state index in [9.17, 15) is 9.59 Å². The van der Waals surface area contributed by atoms with Gasteiger partial charge in [0.25, 0.3) is 0 Å². The number of rotatable bonds is 7. The Hall–Kier alpha value is -3.79. The van der Waals surface area contributed by atoms with Crippen molar-refractivity contribution in [2.24, 2.45) is 4.99 Å². The maximum absolute atomic E-state index is 9.55. The number of fused-ring (bicyclic) bond motifs is 1. The molecule has 0 bridgehead atoms. The van der Waals surface area contributed by atoms with Gasteiger partial charge in [-0.3, -0.25) is 9.89 Å². The van der Waals surface area contributed by atoms with Crippen LogP contribution in [0.4, 0.5) is 5.95 Å². The zero-order valence-corrected chi connectivity index (χ0v) is 18.3. The number of piperazine rings is 1. The molecule has 10 heteroatoms. The lowest BCUT2D eigenvalue weighted by Gasteiger charge is -2.34. The Morgan fingerprint density at radius 1 is 0.970 bits per heavy atom. The summed E-state index contributed by atoms with van der Waals surface area (Å²) in [4.78, 5) is 37.2. The molecule has 3 N–H and O–H groups in total. The van der Waals surface area contributed by atoms with Crippen molar-refractivity contribution in [2.45, 2.75) is 6.42 Å². The van der Waals surface area contributed by atoms with Crippen molar-refractivity contribution in [3.63, 3.8) is 0 Å². The molecule has 3 heterocycles. The first-order chi connectivity index (χ1) is 16.0. The molecule has 2 aliphatic rings. The van der Waals surface area contributed by atoms with Crippen molar-refractivity contribution in [3.05, 3.63) is 65.5 Å².